The van der Waals surface area contributed by atoms with Gasteiger partial charge in [-0.2, -0.15) is 0 Å². The molecule has 0 amide bonds. The van der Waals surface area contributed by atoms with E-state index in [4.69, 9.17) is 4.74 Å². The van der Waals surface area contributed by atoms with Gasteiger partial charge in [0.05, 0.1) is 6.61 Å². The third-order valence-corrected chi connectivity index (χ3v) is 3.79. The van der Waals surface area contributed by atoms with Crippen molar-refractivity contribution in [3.8, 4) is 0 Å². The molecule has 1 atom stereocenters. The zero-order chi connectivity index (χ0) is 10.0. The first-order valence-electron chi connectivity index (χ1n) is 4.61. The van der Waals surface area contributed by atoms with E-state index in [9.17, 15) is 4.79 Å². The van der Waals surface area contributed by atoms with Crippen molar-refractivity contribution in [2.24, 2.45) is 0 Å². The van der Waals surface area contributed by atoms with Crippen molar-refractivity contribution in [3.05, 3.63) is 35.9 Å². The van der Waals surface area contributed by atoms with Crippen LogP contribution in [0.1, 0.15) is 12.0 Å². The molecule has 1 aromatic carbocycles. The van der Waals surface area contributed by atoms with Gasteiger partial charge in [0.2, 0.25) is 0 Å². The van der Waals surface area contributed by atoms with Gasteiger partial charge in [-0.25, -0.2) is 0 Å². The topological polar surface area (TPSA) is 26.3 Å². The molecule has 1 aliphatic rings. The number of benzene rings is 1. The second-order valence-corrected chi connectivity index (χ2v) is 5.58. The van der Waals surface area contributed by atoms with Gasteiger partial charge in [0.1, 0.15) is 3.42 Å². The fraction of sp³-hybridized carbons (Fsp3) is 0.364. The Morgan fingerprint density at radius 3 is 2.64 bits per heavy atom. The largest absolute Gasteiger partial charge is 0.465 e. The predicted molar refractivity (Wildman–Crippen MR) is 62.5 cm³/mol. The lowest BCUT2D eigenvalue weighted by Gasteiger charge is -2.16. The van der Waals surface area contributed by atoms with Crippen molar-refractivity contribution in [1.29, 1.82) is 0 Å². The van der Waals surface area contributed by atoms with Crippen molar-refractivity contribution in [3.63, 3.8) is 0 Å². The van der Waals surface area contributed by atoms with Gasteiger partial charge in [-0.1, -0.05) is 52.9 Å². The number of hydrogen-bond donors (Lipinski definition) is 0. The first kappa shape index (κ1) is 9.96. The summed E-state index contributed by atoms with van der Waals surface area (Å²) in [5.41, 5.74) is 1.20. The minimum atomic E-state index is -0.334. The van der Waals surface area contributed by atoms with Crippen LogP contribution in [0.15, 0.2) is 30.3 Å². The number of ether oxygens (including phenoxy) is 1. The van der Waals surface area contributed by atoms with Gasteiger partial charge in [-0.15, -0.1) is 0 Å². The maximum atomic E-state index is 11.5. The Bertz CT molecular complexity index is 336. The Morgan fingerprint density at radius 1 is 1.36 bits per heavy atom. The van der Waals surface area contributed by atoms with E-state index in [1.807, 2.05) is 30.3 Å². The molecular weight excluding hydrogens is 291 g/mol. The maximum Gasteiger partial charge on any atom is 0.322 e. The molecule has 3 heteroatoms. The van der Waals surface area contributed by atoms with Crippen molar-refractivity contribution in [1.82, 2.24) is 0 Å². The van der Waals surface area contributed by atoms with Gasteiger partial charge in [0.25, 0.3) is 0 Å². The Kier molecular flexibility index (Phi) is 2.76. The number of cyclic esters (lactones) is 1. The molecule has 0 aliphatic carbocycles. The second kappa shape index (κ2) is 3.88. The SMILES string of the molecule is O=C1OCCC1(I)Cc1ccccc1. The number of carbonyl (C=O) groups is 1. The highest BCUT2D eigenvalue weighted by atomic mass is 127. The van der Waals surface area contributed by atoms with E-state index in [2.05, 4.69) is 22.6 Å². The van der Waals surface area contributed by atoms with Crippen molar-refractivity contribution in [2.45, 2.75) is 16.3 Å². The fourth-order valence-corrected chi connectivity index (χ4v) is 2.43. The van der Waals surface area contributed by atoms with Crippen LogP contribution in [0.3, 0.4) is 0 Å². The molecule has 1 fully saturated rings. The maximum absolute atomic E-state index is 11.5. The van der Waals surface area contributed by atoms with Crippen molar-refractivity contribution in [2.75, 3.05) is 6.61 Å². The molecule has 1 aliphatic heterocycles. The number of hydrogen-bond acceptors (Lipinski definition) is 2. The Balaban J connectivity index is 2.14. The third-order valence-electron chi connectivity index (χ3n) is 2.42. The van der Waals surface area contributed by atoms with E-state index in [1.54, 1.807) is 0 Å². The average molecular weight is 302 g/mol. The van der Waals surface area contributed by atoms with E-state index in [0.717, 1.165) is 12.8 Å². The summed E-state index contributed by atoms with van der Waals surface area (Å²) in [6.45, 7) is 0.564. The average Bonchev–Trinajstić information content (AvgIpc) is 2.48. The van der Waals surface area contributed by atoms with Crippen LogP contribution >= 0.6 is 22.6 Å². The summed E-state index contributed by atoms with van der Waals surface area (Å²) < 4.78 is 4.66. The van der Waals surface area contributed by atoms with E-state index >= 15 is 0 Å². The lowest BCUT2D eigenvalue weighted by Crippen LogP contribution is -2.29. The highest BCUT2D eigenvalue weighted by Gasteiger charge is 2.41. The molecule has 0 bridgehead atoms. The number of halogens is 1. The van der Waals surface area contributed by atoms with Gasteiger partial charge < -0.3 is 4.74 Å². The monoisotopic (exact) mass is 302 g/mol. The summed E-state index contributed by atoms with van der Waals surface area (Å²) in [5.74, 6) is -0.0676. The molecule has 0 radical (unpaired) electrons. The van der Waals surface area contributed by atoms with E-state index in [0.29, 0.717) is 6.61 Å². The van der Waals surface area contributed by atoms with E-state index in [1.165, 1.54) is 5.56 Å². The van der Waals surface area contributed by atoms with Gasteiger partial charge in [-0.3, -0.25) is 4.79 Å². The number of rotatable bonds is 2. The molecule has 74 valence electrons. The van der Waals surface area contributed by atoms with Crippen LogP contribution in [-0.4, -0.2) is 16.0 Å². The van der Waals surface area contributed by atoms with Crippen LogP contribution in [0, 0.1) is 0 Å². The van der Waals surface area contributed by atoms with Crippen molar-refractivity contribution < 1.29 is 9.53 Å². The zero-order valence-electron chi connectivity index (χ0n) is 7.70. The number of esters is 1. The van der Waals surface area contributed by atoms with Crippen LogP contribution in [0.5, 0.6) is 0 Å². The van der Waals surface area contributed by atoms with Gasteiger partial charge >= 0.3 is 5.97 Å². The van der Waals surface area contributed by atoms with E-state index in [-0.39, 0.29) is 9.39 Å². The molecule has 2 nitrogen and oxygen atoms in total. The van der Waals surface area contributed by atoms with E-state index < -0.39 is 0 Å². The molecular formula is C11H11IO2. The second-order valence-electron chi connectivity index (χ2n) is 3.51. The molecule has 1 heterocycles. The number of carbonyl (C=O) groups excluding carboxylic acids is 1. The molecule has 14 heavy (non-hydrogen) atoms. The fourth-order valence-electron chi connectivity index (χ4n) is 1.62. The first-order chi connectivity index (χ1) is 6.71. The summed E-state index contributed by atoms with van der Waals surface area (Å²) in [6, 6.07) is 10.1. The molecule has 1 saturated heterocycles. The summed E-state index contributed by atoms with van der Waals surface area (Å²) in [6.07, 6.45) is 1.59. The molecule has 0 aromatic heterocycles. The third kappa shape index (κ3) is 1.92. The molecule has 0 saturated carbocycles. The molecule has 0 N–H and O–H groups in total. The van der Waals surface area contributed by atoms with Gasteiger partial charge in [0, 0.05) is 6.42 Å². The molecule has 0 spiro atoms. The quantitative estimate of drug-likeness (QED) is 0.476. The predicted octanol–water partition coefficient (Wildman–Crippen LogP) is 2.35. The molecule has 2 rings (SSSR count). The summed E-state index contributed by atoms with van der Waals surface area (Å²) >= 11 is 2.22. The zero-order valence-corrected chi connectivity index (χ0v) is 9.86. The Morgan fingerprint density at radius 2 is 2.07 bits per heavy atom. The summed E-state index contributed by atoms with van der Waals surface area (Å²) in [4.78, 5) is 11.5. The minimum absolute atomic E-state index is 0.0676. The lowest BCUT2D eigenvalue weighted by molar-refractivity contribution is -0.139. The Hall–Kier alpha value is -0.580. The minimum Gasteiger partial charge on any atom is -0.465 e. The van der Waals surface area contributed by atoms with Crippen molar-refractivity contribution >= 4 is 28.6 Å². The van der Waals surface area contributed by atoms with Gasteiger partial charge in [0.15, 0.2) is 0 Å². The van der Waals surface area contributed by atoms with Crippen LogP contribution < -0.4 is 0 Å². The highest BCUT2D eigenvalue weighted by molar-refractivity contribution is 14.1. The smallest absolute Gasteiger partial charge is 0.322 e. The summed E-state index contributed by atoms with van der Waals surface area (Å²) in [7, 11) is 0. The highest BCUT2D eigenvalue weighted by Crippen LogP contribution is 2.33. The van der Waals surface area contributed by atoms with Crippen LogP contribution in [0.25, 0.3) is 0 Å². The molecule has 1 unspecified atom stereocenters. The van der Waals surface area contributed by atoms with Gasteiger partial charge in [-0.05, 0) is 12.0 Å². The van der Waals surface area contributed by atoms with Crippen LogP contribution in [0.4, 0.5) is 0 Å². The summed E-state index contributed by atoms with van der Waals surface area (Å²) in [5, 5.41) is 0. The lowest BCUT2D eigenvalue weighted by atomic mass is 9.98. The Labute approximate surface area is 96.8 Å². The van der Waals surface area contributed by atoms with Crippen LogP contribution in [0.2, 0.25) is 0 Å². The molecule has 1 aromatic rings. The normalized spacial score (nSPS) is 26.2. The van der Waals surface area contributed by atoms with Crippen LogP contribution in [-0.2, 0) is 16.0 Å². The first-order valence-corrected chi connectivity index (χ1v) is 5.69. The number of alkyl halides is 1. The standard InChI is InChI=1S/C11H11IO2/c12-11(6-7-14-10(11)13)8-9-4-2-1-3-5-9/h1-5H,6-8H2.